The number of carbonyl (C=O) groups excluding carboxylic acids is 1. The van der Waals surface area contributed by atoms with Gasteiger partial charge >= 0.3 is 0 Å². The van der Waals surface area contributed by atoms with Crippen LogP contribution in [-0.2, 0) is 6.61 Å². The van der Waals surface area contributed by atoms with Gasteiger partial charge in [0.1, 0.15) is 23.7 Å². The predicted molar refractivity (Wildman–Crippen MR) is 131 cm³/mol. The lowest BCUT2D eigenvalue weighted by molar-refractivity contribution is 0.0991. The first-order valence-electron chi connectivity index (χ1n) is 9.94. The maximum atomic E-state index is 14.2. The van der Waals surface area contributed by atoms with Crippen LogP contribution >= 0.6 is 23.5 Å². The van der Waals surface area contributed by atoms with Crippen LogP contribution in [0.25, 0.3) is 0 Å². The van der Waals surface area contributed by atoms with Crippen molar-refractivity contribution in [2.45, 2.75) is 6.61 Å². The molecule has 0 aromatic heterocycles. The van der Waals surface area contributed by atoms with Crippen LogP contribution in [0.15, 0.2) is 70.1 Å². The molecule has 0 aliphatic heterocycles. The monoisotopic (exact) mass is 503 g/mol. The highest BCUT2D eigenvalue weighted by atomic mass is 35.5. The number of nitrogens with two attached hydrogens (primary N) is 1. The summed E-state index contributed by atoms with van der Waals surface area (Å²) in [6.07, 6.45) is 0. The lowest BCUT2D eigenvalue weighted by atomic mass is 10.2. The maximum absolute atomic E-state index is 14.2. The normalized spacial score (nSPS) is 11.2. The van der Waals surface area contributed by atoms with Crippen LogP contribution in [0, 0.1) is 11.6 Å². The fraction of sp³-hybridized carbons (Fsp3) is 0.125. The Bertz CT molecular complexity index is 1210. The number of rotatable bonds is 10. The van der Waals surface area contributed by atoms with E-state index in [1.165, 1.54) is 0 Å². The van der Waals surface area contributed by atoms with E-state index < -0.39 is 23.1 Å². The lowest BCUT2D eigenvalue weighted by Crippen LogP contribution is -2.16. The molecule has 0 fully saturated rings. The summed E-state index contributed by atoms with van der Waals surface area (Å²) in [5.74, 6) is -2.58. The number of primary amides is 1. The second kappa shape index (κ2) is 12.2. The van der Waals surface area contributed by atoms with Crippen LogP contribution in [0.1, 0.15) is 21.5 Å². The summed E-state index contributed by atoms with van der Waals surface area (Å²) in [7, 11) is 0. The van der Waals surface area contributed by atoms with E-state index in [4.69, 9.17) is 26.8 Å². The SMILES string of the molecule is C=N/C(=N\SCCOc1ccc(F)c(C(N)=O)c1F)c1ccc(Cl)cc1OCc1ccccc1. The molecule has 3 rings (SSSR count). The highest BCUT2D eigenvalue weighted by molar-refractivity contribution is 7.98. The summed E-state index contributed by atoms with van der Waals surface area (Å²) in [4.78, 5) is 15.2. The van der Waals surface area contributed by atoms with Crippen LogP contribution in [0.3, 0.4) is 0 Å². The van der Waals surface area contributed by atoms with E-state index in [-0.39, 0.29) is 12.4 Å². The van der Waals surface area contributed by atoms with Gasteiger partial charge in [0.05, 0.1) is 12.2 Å². The highest BCUT2D eigenvalue weighted by Crippen LogP contribution is 2.27. The zero-order valence-corrected chi connectivity index (χ0v) is 19.4. The Labute approximate surface area is 204 Å². The summed E-state index contributed by atoms with van der Waals surface area (Å²) in [6.45, 7) is 3.92. The third kappa shape index (κ3) is 6.55. The van der Waals surface area contributed by atoms with Gasteiger partial charge in [-0.2, -0.15) is 4.40 Å². The summed E-state index contributed by atoms with van der Waals surface area (Å²) in [6, 6.07) is 16.7. The maximum Gasteiger partial charge on any atom is 0.254 e. The first kappa shape index (κ1) is 25.2. The Morgan fingerprint density at radius 3 is 2.53 bits per heavy atom. The Kier molecular flexibility index (Phi) is 9.00. The zero-order valence-electron chi connectivity index (χ0n) is 17.8. The quantitative estimate of drug-likeness (QED) is 0.172. The minimum atomic E-state index is -1.21. The largest absolute Gasteiger partial charge is 0.490 e. The van der Waals surface area contributed by atoms with Gasteiger partial charge in [-0.25, -0.2) is 13.8 Å². The third-order valence-electron chi connectivity index (χ3n) is 4.46. The van der Waals surface area contributed by atoms with E-state index in [1.54, 1.807) is 18.2 Å². The molecule has 0 radical (unpaired) electrons. The fourth-order valence-electron chi connectivity index (χ4n) is 2.87. The summed E-state index contributed by atoms with van der Waals surface area (Å²) >= 11 is 7.23. The number of amides is 1. The Balaban J connectivity index is 1.64. The molecule has 0 aliphatic carbocycles. The van der Waals surface area contributed by atoms with Crippen molar-refractivity contribution in [3.8, 4) is 11.5 Å². The number of amidine groups is 1. The summed E-state index contributed by atoms with van der Waals surface area (Å²) < 4.78 is 43.4. The van der Waals surface area contributed by atoms with Crippen molar-refractivity contribution >= 4 is 42.0 Å². The predicted octanol–water partition coefficient (Wildman–Crippen LogP) is 5.47. The highest BCUT2D eigenvalue weighted by Gasteiger charge is 2.19. The van der Waals surface area contributed by atoms with Gasteiger partial charge in [0.15, 0.2) is 17.4 Å². The molecule has 34 heavy (non-hydrogen) atoms. The van der Waals surface area contributed by atoms with Gasteiger partial charge in [-0.15, -0.1) is 0 Å². The number of halogens is 3. The Morgan fingerprint density at radius 1 is 1.06 bits per heavy atom. The van der Waals surface area contributed by atoms with Gasteiger partial charge < -0.3 is 15.2 Å². The molecule has 1 amide bonds. The molecule has 0 saturated heterocycles. The molecular formula is C24H20ClF2N3O3S. The minimum Gasteiger partial charge on any atom is -0.490 e. The van der Waals surface area contributed by atoms with Gasteiger partial charge in [-0.3, -0.25) is 4.79 Å². The average Bonchev–Trinajstić information content (AvgIpc) is 2.82. The molecule has 0 aliphatic rings. The zero-order chi connectivity index (χ0) is 24.5. The molecule has 176 valence electrons. The van der Waals surface area contributed by atoms with E-state index in [2.05, 4.69) is 16.1 Å². The molecular weight excluding hydrogens is 484 g/mol. The molecule has 3 aromatic carbocycles. The molecule has 3 aromatic rings. The second-order valence-corrected chi connectivity index (χ2v) is 8.05. The van der Waals surface area contributed by atoms with Crippen molar-refractivity contribution in [2.24, 2.45) is 15.1 Å². The molecule has 0 atom stereocenters. The van der Waals surface area contributed by atoms with E-state index in [0.29, 0.717) is 34.5 Å². The van der Waals surface area contributed by atoms with E-state index >= 15 is 0 Å². The first-order chi connectivity index (χ1) is 16.4. The molecule has 0 unspecified atom stereocenters. The van der Waals surface area contributed by atoms with Crippen molar-refractivity contribution in [1.82, 2.24) is 0 Å². The molecule has 0 saturated carbocycles. The van der Waals surface area contributed by atoms with Gasteiger partial charge in [0.25, 0.3) is 5.91 Å². The Morgan fingerprint density at radius 2 is 1.82 bits per heavy atom. The van der Waals surface area contributed by atoms with E-state index in [9.17, 15) is 13.6 Å². The van der Waals surface area contributed by atoms with Crippen LogP contribution in [0.2, 0.25) is 5.02 Å². The van der Waals surface area contributed by atoms with Crippen LogP contribution in [-0.4, -0.2) is 30.8 Å². The number of hydrogen-bond acceptors (Lipinski definition) is 5. The first-order valence-corrected chi connectivity index (χ1v) is 11.3. The van der Waals surface area contributed by atoms with Crippen LogP contribution in [0.4, 0.5) is 8.78 Å². The van der Waals surface area contributed by atoms with Crippen LogP contribution in [0.5, 0.6) is 11.5 Å². The number of ether oxygens (including phenoxy) is 2. The van der Waals surface area contributed by atoms with Crippen molar-refractivity contribution in [2.75, 3.05) is 12.4 Å². The fourth-order valence-corrected chi connectivity index (χ4v) is 3.55. The number of aliphatic imine (C=N–C) groups is 1. The summed E-state index contributed by atoms with van der Waals surface area (Å²) in [5.41, 5.74) is 5.75. The van der Waals surface area contributed by atoms with Crippen LogP contribution < -0.4 is 15.2 Å². The standard InChI is InChI=1S/C24H20ClF2N3O3S/c1-29-24(17-8-7-16(25)13-20(17)33-14-15-5-3-2-4-6-15)30-34-12-11-32-19-10-9-18(26)21(22(19)27)23(28)31/h2-10,13H,1,11-12,14H2,(H2,28,31)/b30-24-. The summed E-state index contributed by atoms with van der Waals surface area (Å²) in [5, 5.41) is 0.493. The third-order valence-corrected chi connectivity index (χ3v) is 5.34. The van der Waals surface area contributed by atoms with Gasteiger partial charge in [-0.05, 0) is 54.6 Å². The van der Waals surface area contributed by atoms with Crippen molar-refractivity contribution in [1.29, 1.82) is 0 Å². The van der Waals surface area contributed by atoms with Gasteiger partial charge in [-0.1, -0.05) is 41.9 Å². The Hall–Kier alpha value is -3.43. The number of benzene rings is 3. The molecule has 6 nitrogen and oxygen atoms in total. The molecule has 10 heteroatoms. The van der Waals surface area contributed by atoms with E-state index in [0.717, 1.165) is 29.6 Å². The average molecular weight is 504 g/mol. The van der Waals surface area contributed by atoms with E-state index in [1.807, 2.05) is 30.3 Å². The molecule has 0 spiro atoms. The molecule has 0 heterocycles. The van der Waals surface area contributed by atoms with Gasteiger partial charge in [0, 0.05) is 10.8 Å². The lowest BCUT2D eigenvalue weighted by Gasteiger charge is -2.12. The van der Waals surface area contributed by atoms with Crippen molar-refractivity contribution in [3.05, 3.63) is 94.0 Å². The van der Waals surface area contributed by atoms with Crippen molar-refractivity contribution < 1.29 is 23.0 Å². The topological polar surface area (TPSA) is 86.3 Å². The number of nitrogens with zero attached hydrogens (tertiary/aromatic N) is 2. The molecule has 2 N–H and O–H groups in total. The van der Waals surface area contributed by atoms with Crippen molar-refractivity contribution in [3.63, 3.8) is 0 Å². The smallest absolute Gasteiger partial charge is 0.254 e. The second-order valence-electron chi connectivity index (χ2n) is 6.77. The van der Waals surface area contributed by atoms with Gasteiger partial charge in [0.2, 0.25) is 0 Å². The minimum absolute atomic E-state index is 0.0251. The number of hydrogen-bond donors (Lipinski definition) is 1. The number of carbonyl (C=O) groups is 1. The molecule has 0 bridgehead atoms.